The SMILES string of the molecule is Cc1cc(C)cc(-n2ccnc2SCC(=O)NC(=O)NC2CCCCC2)c1. The van der Waals surface area contributed by atoms with Gasteiger partial charge < -0.3 is 5.32 Å². The van der Waals surface area contributed by atoms with Crippen molar-refractivity contribution in [3.05, 3.63) is 41.7 Å². The molecule has 2 N–H and O–H groups in total. The minimum absolute atomic E-state index is 0.139. The number of nitrogens with zero attached hydrogens (tertiary/aromatic N) is 2. The molecule has 1 aromatic carbocycles. The Hall–Kier alpha value is -2.28. The zero-order valence-electron chi connectivity index (χ0n) is 15.8. The van der Waals surface area contributed by atoms with Gasteiger partial charge in [-0.05, 0) is 49.9 Å². The highest BCUT2D eigenvalue weighted by Crippen LogP contribution is 2.22. The van der Waals surface area contributed by atoms with Gasteiger partial charge in [-0.15, -0.1) is 0 Å². The van der Waals surface area contributed by atoms with Crippen molar-refractivity contribution in [1.29, 1.82) is 0 Å². The van der Waals surface area contributed by atoms with Gasteiger partial charge in [-0.3, -0.25) is 14.7 Å². The quantitative estimate of drug-likeness (QED) is 0.768. The predicted octanol–water partition coefficient (Wildman–Crippen LogP) is 3.74. The summed E-state index contributed by atoms with van der Waals surface area (Å²) in [6.45, 7) is 4.11. The number of carbonyl (C=O) groups excluding carboxylic acids is 2. The molecule has 0 spiro atoms. The number of thioether (sulfide) groups is 1. The Labute approximate surface area is 164 Å². The number of urea groups is 1. The van der Waals surface area contributed by atoms with Crippen LogP contribution in [0.1, 0.15) is 43.2 Å². The molecule has 1 aliphatic rings. The first kappa shape index (κ1) is 19.5. The Kier molecular flexibility index (Phi) is 6.55. The van der Waals surface area contributed by atoms with Crippen molar-refractivity contribution < 1.29 is 9.59 Å². The van der Waals surface area contributed by atoms with Crippen molar-refractivity contribution in [2.24, 2.45) is 0 Å². The van der Waals surface area contributed by atoms with E-state index in [0.717, 1.165) is 36.5 Å². The molecule has 1 saturated carbocycles. The normalized spacial score (nSPS) is 14.7. The lowest BCUT2D eigenvalue weighted by Crippen LogP contribution is -2.45. The predicted molar refractivity (Wildman–Crippen MR) is 107 cm³/mol. The zero-order valence-corrected chi connectivity index (χ0v) is 16.6. The first-order valence-corrected chi connectivity index (χ1v) is 10.3. The maximum Gasteiger partial charge on any atom is 0.321 e. The lowest BCUT2D eigenvalue weighted by atomic mass is 9.96. The molecule has 27 heavy (non-hydrogen) atoms. The van der Waals surface area contributed by atoms with Crippen LogP contribution in [0.25, 0.3) is 5.69 Å². The molecular weight excluding hydrogens is 360 g/mol. The number of aromatic nitrogens is 2. The Morgan fingerprint density at radius 1 is 1.15 bits per heavy atom. The van der Waals surface area contributed by atoms with Gasteiger partial charge in [-0.25, -0.2) is 9.78 Å². The van der Waals surface area contributed by atoms with Crippen LogP contribution < -0.4 is 10.6 Å². The summed E-state index contributed by atoms with van der Waals surface area (Å²) in [7, 11) is 0. The fourth-order valence-corrected chi connectivity index (χ4v) is 4.22. The van der Waals surface area contributed by atoms with Crippen molar-refractivity contribution >= 4 is 23.7 Å². The standard InChI is InChI=1S/C20H26N4O2S/c1-14-10-15(2)12-17(11-14)24-9-8-21-20(24)27-13-18(25)23-19(26)22-16-6-4-3-5-7-16/h8-12,16H,3-7,13H2,1-2H3,(H2,22,23,25,26). The maximum atomic E-state index is 12.1. The highest BCUT2D eigenvalue weighted by molar-refractivity contribution is 7.99. The van der Waals surface area contributed by atoms with Gasteiger partial charge >= 0.3 is 6.03 Å². The first-order valence-electron chi connectivity index (χ1n) is 9.36. The molecule has 2 aromatic rings. The number of aryl methyl sites for hydroxylation is 2. The van der Waals surface area contributed by atoms with E-state index in [9.17, 15) is 9.59 Å². The van der Waals surface area contributed by atoms with E-state index < -0.39 is 6.03 Å². The Balaban J connectivity index is 1.53. The van der Waals surface area contributed by atoms with E-state index in [1.54, 1.807) is 6.20 Å². The third-order valence-corrected chi connectivity index (χ3v) is 5.58. The summed E-state index contributed by atoms with van der Waals surface area (Å²) in [5.41, 5.74) is 3.36. The minimum atomic E-state index is -0.398. The van der Waals surface area contributed by atoms with Crippen LogP contribution in [0.2, 0.25) is 0 Å². The molecule has 1 heterocycles. The molecule has 3 amide bonds. The summed E-state index contributed by atoms with van der Waals surface area (Å²) in [5, 5.41) is 6.04. The number of imide groups is 1. The molecule has 6 nitrogen and oxygen atoms in total. The molecule has 144 valence electrons. The molecule has 0 radical (unpaired) electrons. The Morgan fingerprint density at radius 3 is 2.56 bits per heavy atom. The molecule has 1 aromatic heterocycles. The average Bonchev–Trinajstić information content (AvgIpc) is 3.08. The van der Waals surface area contributed by atoms with Crippen molar-refractivity contribution in [2.45, 2.75) is 57.1 Å². The van der Waals surface area contributed by atoms with E-state index in [2.05, 4.69) is 47.7 Å². The summed E-state index contributed by atoms with van der Waals surface area (Å²) in [4.78, 5) is 28.4. The molecular formula is C20H26N4O2S. The molecule has 0 aliphatic heterocycles. The van der Waals surface area contributed by atoms with Crippen LogP contribution >= 0.6 is 11.8 Å². The summed E-state index contributed by atoms with van der Waals surface area (Å²) in [6, 6.07) is 6.06. The fourth-order valence-electron chi connectivity index (χ4n) is 3.44. The van der Waals surface area contributed by atoms with Crippen molar-refractivity contribution in [3.8, 4) is 5.69 Å². The average molecular weight is 387 g/mol. The fraction of sp³-hybridized carbons (Fsp3) is 0.450. The molecule has 0 saturated heterocycles. The van der Waals surface area contributed by atoms with Crippen LogP contribution in [-0.2, 0) is 4.79 Å². The van der Waals surface area contributed by atoms with Crippen molar-refractivity contribution in [1.82, 2.24) is 20.2 Å². The maximum absolute atomic E-state index is 12.1. The van der Waals surface area contributed by atoms with E-state index >= 15 is 0 Å². The molecule has 3 rings (SSSR count). The van der Waals surface area contributed by atoms with Gasteiger partial charge in [0.15, 0.2) is 5.16 Å². The van der Waals surface area contributed by atoms with E-state index in [0.29, 0.717) is 0 Å². The van der Waals surface area contributed by atoms with E-state index in [4.69, 9.17) is 0 Å². The molecule has 0 bridgehead atoms. The minimum Gasteiger partial charge on any atom is -0.335 e. The molecule has 1 aliphatic carbocycles. The third kappa shape index (κ3) is 5.60. The van der Waals surface area contributed by atoms with Crippen LogP contribution in [0.3, 0.4) is 0 Å². The van der Waals surface area contributed by atoms with Crippen molar-refractivity contribution in [3.63, 3.8) is 0 Å². The van der Waals surface area contributed by atoms with Gasteiger partial charge in [0.05, 0.1) is 5.75 Å². The Morgan fingerprint density at radius 2 is 1.85 bits per heavy atom. The highest BCUT2D eigenvalue weighted by atomic mass is 32.2. The summed E-state index contributed by atoms with van der Waals surface area (Å²) in [6.07, 6.45) is 9.07. The van der Waals surface area contributed by atoms with Crippen LogP contribution in [0.4, 0.5) is 4.79 Å². The number of imidazole rings is 1. The van der Waals surface area contributed by atoms with Gasteiger partial charge in [-0.2, -0.15) is 0 Å². The number of nitrogens with one attached hydrogen (secondary N) is 2. The number of amides is 3. The second-order valence-electron chi connectivity index (χ2n) is 7.07. The van der Waals surface area contributed by atoms with E-state index in [1.165, 1.54) is 29.3 Å². The number of benzene rings is 1. The molecule has 7 heteroatoms. The van der Waals surface area contributed by atoms with Gasteiger partial charge in [0.1, 0.15) is 0 Å². The topological polar surface area (TPSA) is 76.0 Å². The second kappa shape index (κ2) is 9.08. The van der Waals surface area contributed by atoms with Crippen LogP contribution in [0, 0.1) is 13.8 Å². The Bertz CT molecular complexity index is 792. The van der Waals surface area contributed by atoms with Gasteiger partial charge in [0.2, 0.25) is 5.91 Å². The third-order valence-electron chi connectivity index (χ3n) is 4.62. The monoisotopic (exact) mass is 386 g/mol. The van der Waals surface area contributed by atoms with Gasteiger partial charge in [0, 0.05) is 24.1 Å². The van der Waals surface area contributed by atoms with Gasteiger partial charge in [0.25, 0.3) is 0 Å². The number of hydrogen-bond donors (Lipinski definition) is 2. The number of rotatable bonds is 5. The second-order valence-corrected chi connectivity index (χ2v) is 8.01. The first-order chi connectivity index (χ1) is 13.0. The summed E-state index contributed by atoms with van der Waals surface area (Å²) in [5.74, 6) is -0.178. The molecule has 0 atom stereocenters. The summed E-state index contributed by atoms with van der Waals surface area (Å²) < 4.78 is 1.96. The number of carbonyl (C=O) groups is 2. The van der Waals surface area contributed by atoms with Crippen molar-refractivity contribution in [2.75, 3.05) is 5.75 Å². The largest absolute Gasteiger partial charge is 0.335 e. The smallest absolute Gasteiger partial charge is 0.321 e. The highest BCUT2D eigenvalue weighted by Gasteiger charge is 2.17. The zero-order chi connectivity index (χ0) is 19.2. The van der Waals surface area contributed by atoms with Crippen LogP contribution in [-0.4, -0.2) is 33.3 Å². The van der Waals surface area contributed by atoms with E-state index in [-0.39, 0.29) is 17.7 Å². The van der Waals surface area contributed by atoms with Crippen LogP contribution in [0.15, 0.2) is 35.7 Å². The van der Waals surface area contributed by atoms with Gasteiger partial charge in [-0.1, -0.05) is 37.1 Å². The molecule has 1 fully saturated rings. The lowest BCUT2D eigenvalue weighted by Gasteiger charge is -2.22. The molecule has 0 unspecified atom stereocenters. The lowest BCUT2D eigenvalue weighted by molar-refractivity contribution is -0.117. The summed E-state index contributed by atoms with van der Waals surface area (Å²) >= 11 is 1.32. The van der Waals surface area contributed by atoms with E-state index in [1.807, 2.05) is 10.8 Å². The van der Waals surface area contributed by atoms with Crippen LogP contribution in [0.5, 0.6) is 0 Å². The number of hydrogen-bond acceptors (Lipinski definition) is 4.